The number of ether oxygens (including phenoxy) is 1. The minimum Gasteiger partial charge on any atom is -0.475 e. The second-order valence-corrected chi connectivity index (χ2v) is 5.40. The fourth-order valence-corrected chi connectivity index (χ4v) is 2.49. The number of methoxy groups -OCH3 is 1. The first-order valence-electron chi connectivity index (χ1n) is 6.35. The number of carboxylic acid groups (broad SMARTS) is 1. The zero-order valence-corrected chi connectivity index (χ0v) is 13.4. The van der Waals surface area contributed by atoms with Crippen molar-refractivity contribution < 1.29 is 19.1 Å². The van der Waals surface area contributed by atoms with E-state index in [4.69, 9.17) is 14.3 Å². The SMILES string of the molecule is COCc1c(Br)cccc1NCc1cc(C(=O)O)oc1C. The van der Waals surface area contributed by atoms with Crippen LogP contribution in [0.25, 0.3) is 0 Å². The molecule has 0 aliphatic rings. The second kappa shape index (κ2) is 6.78. The highest BCUT2D eigenvalue weighted by Gasteiger charge is 2.13. The van der Waals surface area contributed by atoms with Crippen molar-refractivity contribution in [3.63, 3.8) is 0 Å². The number of aryl methyl sites for hydroxylation is 1. The molecular formula is C15H16BrNO4. The van der Waals surface area contributed by atoms with Crippen LogP contribution in [0.4, 0.5) is 5.69 Å². The number of hydrogen-bond acceptors (Lipinski definition) is 4. The summed E-state index contributed by atoms with van der Waals surface area (Å²) in [6.07, 6.45) is 0. The highest BCUT2D eigenvalue weighted by molar-refractivity contribution is 9.10. The molecule has 0 atom stereocenters. The minimum absolute atomic E-state index is 0.0457. The Bertz CT molecular complexity index is 651. The van der Waals surface area contributed by atoms with Crippen LogP contribution in [0.2, 0.25) is 0 Å². The fourth-order valence-electron chi connectivity index (χ4n) is 2.01. The van der Waals surface area contributed by atoms with Crippen LogP contribution in [-0.2, 0) is 17.9 Å². The van der Waals surface area contributed by atoms with Gasteiger partial charge < -0.3 is 19.6 Å². The number of furan rings is 1. The van der Waals surface area contributed by atoms with E-state index < -0.39 is 5.97 Å². The van der Waals surface area contributed by atoms with Crippen molar-refractivity contribution in [2.45, 2.75) is 20.1 Å². The molecule has 0 aliphatic heterocycles. The van der Waals surface area contributed by atoms with Gasteiger partial charge >= 0.3 is 5.97 Å². The van der Waals surface area contributed by atoms with Gasteiger partial charge in [0.1, 0.15) is 5.76 Å². The molecule has 0 saturated carbocycles. The lowest BCUT2D eigenvalue weighted by Crippen LogP contribution is -2.04. The van der Waals surface area contributed by atoms with Gasteiger partial charge in [0.05, 0.1) is 6.61 Å². The normalized spacial score (nSPS) is 10.6. The number of benzene rings is 1. The van der Waals surface area contributed by atoms with Gasteiger partial charge in [-0.2, -0.15) is 0 Å². The Morgan fingerprint density at radius 2 is 2.24 bits per heavy atom. The van der Waals surface area contributed by atoms with E-state index in [1.165, 1.54) is 0 Å². The van der Waals surface area contributed by atoms with Gasteiger partial charge in [0.25, 0.3) is 0 Å². The Kier molecular flexibility index (Phi) is 5.03. The van der Waals surface area contributed by atoms with E-state index in [0.29, 0.717) is 18.9 Å². The average molecular weight is 354 g/mol. The summed E-state index contributed by atoms with van der Waals surface area (Å²) in [5.74, 6) is -0.509. The van der Waals surface area contributed by atoms with Crippen molar-refractivity contribution in [2.75, 3.05) is 12.4 Å². The number of hydrogen-bond donors (Lipinski definition) is 2. The monoisotopic (exact) mass is 353 g/mol. The summed E-state index contributed by atoms with van der Waals surface area (Å²) in [5, 5.41) is 12.2. The van der Waals surface area contributed by atoms with E-state index in [1.807, 2.05) is 18.2 Å². The van der Waals surface area contributed by atoms with Crippen molar-refractivity contribution in [1.29, 1.82) is 0 Å². The van der Waals surface area contributed by atoms with Gasteiger partial charge in [-0.15, -0.1) is 0 Å². The number of carboxylic acids is 1. The molecule has 6 heteroatoms. The largest absolute Gasteiger partial charge is 0.475 e. The molecule has 112 valence electrons. The molecule has 0 aliphatic carbocycles. The van der Waals surface area contributed by atoms with Gasteiger partial charge in [0, 0.05) is 34.9 Å². The predicted octanol–water partition coefficient (Wildman–Crippen LogP) is 3.81. The minimum atomic E-state index is -1.06. The maximum Gasteiger partial charge on any atom is 0.371 e. The summed E-state index contributed by atoms with van der Waals surface area (Å²) in [5.41, 5.74) is 2.76. The smallest absolute Gasteiger partial charge is 0.371 e. The van der Waals surface area contributed by atoms with Crippen LogP contribution < -0.4 is 5.32 Å². The van der Waals surface area contributed by atoms with Crippen LogP contribution in [0.3, 0.4) is 0 Å². The number of anilines is 1. The zero-order valence-electron chi connectivity index (χ0n) is 11.8. The van der Waals surface area contributed by atoms with Gasteiger partial charge in [-0.25, -0.2) is 4.79 Å². The lowest BCUT2D eigenvalue weighted by molar-refractivity contribution is 0.0661. The summed E-state index contributed by atoms with van der Waals surface area (Å²) >= 11 is 3.50. The molecule has 0 amide bonds. The molecule has 2 aromatic rings. The quantitative estimate of drug-likeness (QED) is 0.826. The molecule has 5 nitrogen and oxygen atoms in total. The maximum absolute atomic E-state index is 10.9. The summed E-state index contributed by atoms with van der Waals surface area (Å²) in [7, 11) is 1.64. The standard InChI is InChI=1S/C15H16BrNO4/c1-9-10(6-14(21-9)15(18)19)7-17-13-5-3-4-12(16)11(13)8-20-2/h3-6,17H,7-8H2,1-2H3,(H,18,19). The molecule has 1 aromatic carbocycles. The first-order chi connectivity index (χ1) is 10.0. The van der Waals surface area contributed by atoms with Crippen molar-refractivity contribution in [3.8, 4) is 0 Å². The molecule has 0 saturated heterocycles. The number of carbonyl (C=O) groups is 1. The topological polar surface area (TPSA) is 71.7 Å². The van der Waals surface area contributed by atoms with Crippen LogP contribution in [-0.4, -0.2) is 18.2 Å². The van der Waals surface area contributed by atoms with Crippen LogP contribution in [0.1, 0.15) is 27.4 Å². The molecule has 0 fully saturated rings. The number of nitrogens with one attached hydrogen (secondary N) is 1. The van der Waals surface area contributed by atoms with Gasteiger partial charge in [-0.1, -0.05) is 22.0 Å². The van der Waals surface area contributed by atoms with Gasteiger partial charge in [0.2, 0.25) is 5.76 Å². The summed E-state index contributed by atoms with van der Waals surface area (Å²) < 4.78 is 11.3. The first kappa shape index (κ1) is 15.6. The van der Waals surface area contributed by atoms with E-state index in [1.54, 1.807) is 20.1 Å². The molecule has 1 heterocycles. The lowest BCUT2D eigenvalue weighted by Gasteiger charge is -2.13. The van der Waals surface area contributed by atoms with E-state index in [9.17, 15) is 4.79 Å². The molecule has 0 bridgehead atoms. The summed E-state index contributed by atoms with van der Waals surface area (Å²) in [4.78, 5) is 10.9. The number of halogens is 1. The Morgan fingerprint density at radius 3 is 2.86 bits per heavy atom. The number of rotatable bonds is 6. The van der Waals surface area contributed by atoms with E-state index in [-0.39, 0.29) is 5.76 Å². The Labute approximate surface area is 131 Å². The second-order valence-electron chi connectivity index (χ2n) is 4.55. The molecular weight excluding hydrogens is 338 g/mol. The van der Waals surface area contributed by atoms with Crippen molar-refractivity contribution in [1.82, 2.24) is 0 Å². The highest BCUT2D eigenvalue weighted by atomic mass is 79.9. The van der Waals surface area contributed by atoms with Crippen molar-refractivity contribution in [2.24, 2.45) is 0 Å². The van der Waals surface area contributed by atoms with Crippen LogP contribution >= 0.6 is 15.9 Å². The first-order valence-corrected chi connectivity index (χ1v) is 7.15. The molecule has 0 spiro atoms. The highest BCUT2D eigenvalue weighted by Crippen LogP contribution is 2.26. The van der Waals surface area contributed by atoms with Crippen LogP contribution in [0.5, 0.6) is 0 Å². The average Bonchev–Trinajstić information content (AvgIpc) is 2.81. The predicted molar refractivity (Wildman–Crippen MR) is 82.6 cm³/mol. The van der Waals surface area contributed by atoms with E-state index in [0.717, 1.165) is 21.3 Å². The summed E-state index contributed by atoms with van der Waals surface area (Å²) in [6.45, 7) is 2.71. The molecule has 0 radical (unpaired) electrons. The zero-order chi connectivity index (χ0) is 15.4. The van der Waals surface area contributed by atoms with Crippen molar-refractivity contribution in [3.05, 3.63) is 51.4 Å². The van der Waals surface area contributed by atoms with Crippen LogP contribution in [0.15, 0.2) is 33.2 Å². The Morgan fingerprint density at radius 1 is 1.48 bits per heavy atom. The van der Waals surface area contributed by atoms with E-state index in [2.05, 4.69) is 21.2 Å². The van der Waals surface area contributed by atoms with Gasteiger partial charge in [0.15, 0.2) is 0 Å². The number of aromatic carboxylic acids is 1. The molecule has 2 N–H and O–H groups in total. The van der Waals surface area contributed by atoms with E-state index >= 15 is 0 Å². The molecule has 0 unspecified atom stereocenters. The molecule has 2 rings (SSSR count). The third kappa shape index (κ3) is 3.65. The van der Waals surface area contributed by atoms with Gasteiger partial charge in [-0.3, -0.25) is 0 Å². The Hall–Kier alpha value is -1.79. The lowest BCUT2D eigenvalue weighted by atomic mass is 10.1. The Balaban J connectivity index is 2.16. The fraction of sp³-hybridized carbons (Fsp3) is 0.267. The third-order valence-electron chi connectivity index (χ3n) is 3.11. The van der Waals surface area contributed by atoms with Gasteiger partial charge in [-0.05, 0) is 25.1 Å². The van der Waals surface area contributed by atoms with Crippen molar-refractivity contribution >= 4 is 27.6 Å². The summed E-state index contributed by atoms with van der Waals surface area (Å²) in [6, 6.07) is 7.37. The molecule has 1 aromatic heterocycles. The maximum atomic E-state index is 10.9. The third-order valence-corrected chi connectivity index (χ3v) is 3.85. The molecule has 21 heavy (non-hydrogen) atoms. The van der Waals surface area contributed by atoms with Crippen LogP contribution in [0, 0.1) is 6.92 Å².